The van der Waals surface area contributed by atoms with Crippen molar-refractivity contribution in [2.24, 2.45) is 0 Å². The van der Waals surface area contributed by atoms with Crippen molar-refractivity contribution in [2.45, 2.75) is 40.3 Å². The van der Waals surface area contributed by atoms with E-state index in [-0.39, 0.29) is 12.0 Å². The summed E-state index contributed by atoms with van der Waals surface area (Å²) in [6.45, 7) is 8.36. The summed E-state index contributed by atoms with van der Waals surface area (Å²) in [5, 5.41) is 6.28. The van der Waals surface area contributed by atoms with Crippen LogP contribution in [0.3, 0.4) is 0 Å². The first-order valence-electron chi connectivity index (χ1n) is 9.21. The second-order valence-corrected chi connectivity index (χ2v) is 7.16. The number of fused-ring (bicyclic) bond motifs is 1. The first kappa shape index (κ1) is 20.0. The molecule has 0 saturated heterocycles. The maximum atomic E-state index is 12.1. The predicted octanol–water partition coefficient (Wildman–Crippen LogP) is 5.05. The molecule has 6 nitrogen and oxygen atoms in total. The van der Waals surface area contributed by atoms with Gasteiger partial charge in [-0.1, -0.05) is 12.1 Å². The molecule has 1 atom stereocenters. The van der Waals surface area contributed by atoms with Crippen LogP contribution in [0.4, 0.5) is 16.2 Å². The van der Waals surface area contributed by atoms with E-state index in [2.05, 4.69) is 26.9 Å². The van der Waals surface area contributed by atoms with E-state index in [0.717, 1.165) is 33.8 Å². The Morgan fingerprint density at radius 1 is 1.21 bits per heavy atom. The number of imidazole rings is 1. The molecule has 0 saturated carbocycles. The van der Waals surface area contributed by atoms with E-state index in [1.165, 1.54) is 0 Å². The zero-order chi connectivity index (χ0) is 20.3. The highest BCUT2D eigenvalue weighted by atomic mass is 35.5. The van der Waals surface area contributed by atoms with Crippen molar-refractivity contribution in [1.29, 1.82) is 0 Å². The monoisotopic (exact) mass is 400 g/mol. The van der Waals surface area contributed by atoms with Crippen LogP contribution in [0.2, 0.25) is 0 Å². The first-order valence-corrected chi connectivity index (χ1v) is 9.74. The highest BCUT2D eigenvalue weighted by molar-refractivity contribution is 6.18. The number of nitrogens with one attached hydrogen (secondary N) is 2. The zero-order valence-corrected chi connectivity index (χ0v) is 17.3. The molecule has 148 valence electrons. The van der Waals surface area contributed by atoms with Crippen LogP contribution in [0, 0.1) is 20.8 Å². The van der Waals surface area contributed by atoms with E-state index in [4.69, 9.17) is 16.3 Å². The molecule has 3 aromatic rings. The number of carbonyl (C=O) groups is 1. The topological polar surface area (TPSA) is 67.7 Å². The number of ether oxygens (including phenoxy) is 1. The molecule has 0 aliphatic carbocycles. The number of amides is 1. The highest BCUT2D eigenvalue weighted by Crippen LogP contribution is 2.24. The second kappa shape index (κ2) is 8.52. The minimum atomic E-state index is -0.512. The van der Waals surface area contributed by atoms with Gasteiger partial charge in [0.15, 0.2) is 5.65 Å². The molecule has 2 aromatic heterocycles. The average Bonchev–Trinajstić information content (AvgIpc) is 2.96. The standard InChI is InChI=1S/C21H25ClN4O2/c1-13-7-5-8-18(25-21(27)28-14(2)11-22)17(13)12-23-19-9-6-10-26-16(4)15(3)24-20(19)26/h5-10,14,23H,11-12H2,1-4H3,(H,25,27). The Kier molecular flexibility index (Phi) is 6.09. The predicted molar refractivity (Wildman–Crippen MR) is 113 cm³/mol. The molecule has 0 aliphatic rings. The van der Waals surface area contributed by atoms with Gasteiger partial charge in [-0.3, -0.25) is 5.32 Å². The van der Waals surface area contributed by atoms with Crippen molar-refractivity contribution in [1.82, 2.24) is 9.38 Å². The van der Waals surface area contributed by atoms with Crippen molar-refractivity contribution < 1.29 is 9.53 Å². The molecule has 1 amide bonds. The number of nitrogens with zero attached hydrogens (tertiary/aromatic N) is 2. The van der Waals surface area contributed by atoms with Gasteiger partial charge in [0, 0.05) is 24.1 Å². The van der Waals surface area contributed by atoms with Crippen molar-refractivity contribution >= 4 is 34.7 Å². The number of anilines is 2. The van der Waals surface area contributed by atoms with Crippen LogP contribution in [0.1, 0.15) is 29.4 Å². The van der Waals surface area contributed by atoms with Crippen molar-refractivity contribution in [3.8, 4) is 0 Å². The Hall–Kier alpha value is -2.73. The fraction of sp³-hybridized carbons (Fsp3) is 0.333. The molecule has 0 radical (unpaired) electrons. The van der Waals surface area contributed by atoms with E-state index in [0.29, 0.717) is 12.2 Å². The molecule has 0 spiro atoms. The minimum Gasteiger partial charge on any atom is -0.445 e. The van der Waals surface area contributed by atoms with Crippen LogP contribution in [0.15, 0.2) is 36.5 Å². The highest BCUT2D eigenvalue weighted by Gasteiger charge is 2.14. The third-order valence-electron chi connectivity index (χ3n) is 4.75. The number of hydrogen-bond donors (Lipinski definition) is 2. The molecule has 3 rings (SSSR count). The maximum Gasteiger partial charge on any atom is 0.411 e. The number of halogens is 1. The number of aromatic nitrogens is 2. The summed E-state index contributed by atoms with van der Waals surface area (Å²) in [5.41, 5.74) is 6.71. The summed E-state index contributed by atoms with van der Waals surface area (Å²) in [5.74, 6) is 0.253. The lowest BCUT2D eigenvalue weighted by atomic mass is 10.1. The summed E-state index contributed by atoms with van der Waals surface area (Å²) < 4.78 is 7.29. The number of rotatable bonds is 6. The lowest BCUT2D eigenvalue weighted by molar-refractivity contribution is 0.131. The number of carbonyl (C=O) groups excluding carboxylic acids is 1. The SMILES string of the molecule is Cc1cccc(NC(=O)OC(C)CCl)c1CNc1cccn2c(C)c(C)nc12. The third kappa shape index (κ3) is 4.22. The normalized spacial score (nSPS) is 12.0. The number of alkyl halides is 1. The van der Waals surface area contributed by atoms with Crippen LogP contribution >= 0.6 is 11.6 Å². The summed E-state index contributed by atoms with van der Waals surface area (Å²) in [7, 11) is 0. The molecular weight excluding hydrogens is 376 g/mol. The Morgan fingerprint density at radius 2 is 1.96 bits per heavy atom. The lowest BCUT2D eigenvalue weighted by Gasteiger charge is -2.16. The third-order valence-corrected chi connectivity index (χ3v) is 5.19. The number of pyridine rings is 1. The van der Waals surface area contributed by atoms with Gasteiger partial charge in [-0.15, -0.1) is 11.6 Å². The smallest absolute Gasteiger partial charge is 0.411 e. The van der Waals surface area contributed by atoms with Gasteiger partial charge in [0.1, 0.15) is 6.10 Å². The van der Waals surface area contributed by atoms with Gasteiger partial charge in [0.05, 0.1) is 17.3 Å². The summed E-state index contributed by atoms with van der Waals surface area (Å²) in [4.78, 5) is 16.8. The largest absolute Gasteiger partial charge is 0.445 e. The van der Waals surface area contributed by atoms with E-state index < -0.39 is 6.09 Å². The van der Waals surface area contributed by atoms with Crippen molar-refractivity contribution in [3.63, 3.8) is 0 Å². The van der Waals surface area contributed by atoms with Gasteiger partial charge in [-0.2, -0.15) is 0 Å². The van der Waals surface area contributed by atoms with Gasteiger partial charge >= 0.3 is 6.09 Å². The van der Waals surface area contributed by atoms with E-state index >= 15 is 0 Å². The zero-order valence-electron chi connectivity index (χ0n) is 16.5. The summed E-state index contributed by atoms with van der Waals surface area (Å²) in [6, 6.07) is 9.77. The lowest BCUT2D eigenvalue weighted by Crippen LogP contribution is -2.22. The Bertz CT molecular complexity index is 999. The van der Waals surface area contributed by atoms with Crippen LogP contribution in [-0.4, -0.2) is 27.5 Å². The van der Waals surface area contributed by atoms with Crippen LogP contribution < -0.4 is 10.6 Å². The molecule has 28 heavy (non-hydrogen) atoms. The molecule has 2 heterocycles. The fourth-order valence-electron chi connectivity index (χ4n) is 3.03. The number of hydrogen-bond acceptors (Lipinski definition) is 4. The van der Waals surface area contributed by atoms with Crippen molar-refractivity contribution in [3.05, 3.63) is 59.0 Å². The van der Waals surface area contributed by atoms with Crippen LogP contribution in [0.25, 0.3) is 5.65 Å². The number of benzene rings is 1. The maximum absolute atomic E-state index is 12.1. The van der Waals surface area contributed by atoms with Crippen molar-refractivity contribution in [2.75, 3.05) is 16.5 Å². The average molecular weight is 401 g/mol. The van der Waals surface area contributed by atoms with E-state index in [1.807, 2.05) is 50.4 Å². The Labute approximate surface area is 169 Å². The van der Waals surface area contributed by atoms with Gasteiger partial charge < -0.3 is 14.5 Å². The van der Waals surface area contributed by atoms with Gasteiger partial charge in [0.2, 0.25) is 0 Å². The quantitative estimate of drug-likeness (QED) is 0.568. The van der Waals surface area contributed by atoms with Gasteiger partial charge in [-0.05, 0) is 57.0 Å². The molecule has 0 aliphatic heterocycles. The summed E-state index contributed by atoms with van der Waals surface area (Å²) >= 11 is 5.71. The molecule has 0 fully saturated rings. The molecule has 1 aromatic carbocycles. The Morgan fingerprint density at radius 3 is 2.71 bits per heavy atom. The molecule has 1 unspecified atom stereocenters. The van der Waals surface area contributed by atoms with Crippen LogP contribution in [0.5, 0.6) is 0 Å². The van der Waals surface area contributed by atoms with Gasteiger partial charge in [-0.25, -0.2) is 9.78 Å². The molecular formula is C21H25ClN4O2. The Balaban J connectivity index is 1.81. The molecule has 2 N–H and O–H groups in total. The molecule has 0 bridgehead atoms. The minimum absolute atomic E-state index is 0.253. The van der Waals surface area contributed by atoms with E-state index in [9.17, 15) is 4.79 Å². The van der Waals surface area contributed by atoms with E-state index in [1.54, 1.807) is 6.92 Å². The van der Waals surface area contributed by atoms with Crippen LogP contribution in [-0.2, 0) is 11.3 Å². The fourth-order valence-corrected chi connectivity index (χ4v) is 3.09. The summed E-state index contributed by atoms with van der Waals surface area (Å²) in [6.07, 6.45) is 1.14. The number of aryl methyl sites for hydroxylation is 3. The first-order chi connectivity index (χ1) is 13.4. The molecule has 7 heteroatoms. The van der Waals surface area contributed by atoms with Gasteiger partial charge in [0.25, 0.3) is 0 Å². The second-order valence-electron chi connectivity index (χ2n) is 6.85.